The van der Waals surface area contributed by atoms with Crippen LogP contribution in [-0.4, -0.2) is 16.2 Å². The summed E-state index contributed by atoms with van der Waals surface area (Å²) in [7, 11) is 0. The van der Waals surface area contributed by atoms with Crippen LogP contribution in [0.5, 0.6) is 0 Å². The van der Waals surface area contributed by atoms with Gasteiger partial charge in [0.2, 0.25) is 11.5 Å². The number of nitrogens with two attached hydrogens (primary N) is 2. The van der Waals surface area contributed by atoms with E-state index in [1.807, 2.05) is 0 Å². The highest BCUT2D eigenvalue weighted by molar-refractivity contribution is 5.94. The van der Waals surface area contributed by atoms with E-state index in [2.05, 4.69) is 14.9 Å². The van der Waals surface area contributed by atoms with Crippen molar-refractivity contribution in [2.75, 3.05) is 5.73 Å². The standard InChI is InChI=1S/C3H4N4O2/c4-2-1(3(5)8)6-9-7-2/h(H2,4,7)(H2,5,8). The minimum Gasteiger partial charge on any atom is -0.379 e. The van der Waals surface area contributed by atoms with Crippen molar-refractivity contribution in [1.29, 1.82) is 0 Å². The molecule has 48 valence electrons. The molecule has 0 unspecified atom stereocenters. The lowest BCUT2D eigenvalue weighted by Gasteiger charge is -1.81. The van der Waals surface area contributed by atoms with Gasteiger partial charge in [-0.15, -0.1) is 0 Å². The van der Waals surface area contributed by atoms with Crippen molar-refractivity contribution in [1.82, 2.24) is 10.3 Å². The van der Waals surface area contributed by atoms with E-state index in [0.29, 0.717) is 0 Å². The summed E-state index contributed by atoms with van der Waals surface area (Å²) in [4.78, 5) is 10.3. The van der Waals surface area contributed by atoms with Gasteiger partial charge in [-0.25, -0.2) is 4.63 Å². The van der Waals surface area contributed by atoms with Gasteiger partial charge in [-0.05, 0) is 10.3 Å². The van der Waals surface area contributed by atoms with Crippen LogP contribution in [-0.2, 0) is 0 Å². The Labute approximate surface area is 49.8 Å². The Morgan fingerprint density at radius 3 is 2.44 bits per heavy atom. The fourth-order valence-corrected chi connectivity index (χ4v) is 0.366. The third kappa shape index (κ3) is 0.809. The van der Waals surface area contributed by atoms with Gasteiger partial charge < -0.3 is 11.5 Å². The van der Waals surface area contributed by atoms with Gasteiger partial charge in [0.1, 0.15) is 0 Å². The fourth-order valence-electron chi connectivity index (χ4n) is 0.366. The molecular weight excluding hydrogens is 124 g/mol. The Morgan fingerprint density at radius 2 is 2.22 bits per heavy atom. The maximum atomic E-state index is 10.3. The zero-order valence-corrected chi connectivity index (χ0v) is 4.37. The minimum atomic E-state index is -0.742. The molecule has 0 aliphatic heterocycles. The molecule has 0 aliphatic rings. The van der Waals surface area contributed by atoms with E-state index in [4.69, 9.17) is 11.5 Å². The quantitative estimate of drug-likeness (QED) is 0.491. The number of rotatable bonds is 1. The van der Waals surface area contributed by atoms with E-state index in [-0.39, 0.29) is 11.5 Å². The molecule has 6 heteroatoms. The normalized spacial score (nSPS) is 9.33. The number of hydrogen-bond acceptors (Lipinski definition) is 5. The molecule has 0 aromatic carbocycles. The number of nitrogen functional groups attached to an aromatic ring is 1. The molecule has 1 heterocycles. The number of hydrogen-bond donors (Lipinski definition) is 2. The minimum absolute atomic E-state index is 0.0810. The molecule has 0 bridgehead atoms. The van der Waals surface area contributed by atoms with Crippen LogP contribution < -0.4 is 11.5 Å². The van der Waals surface area contributed by atoms with E-state index in [1.54, 1.807) is 0 Å². The van der Waals surface area contributed by atoms with E-state index in [9.17, 15) is 4.79 Å². The number of anilines is 1. The molecular formula is C3H4N4O2. The Balaban J connectivity index is 3.08. The molecule has 6 nitrogen and oxygen atoms in total. The van der Waals surface area contributed by atoms with Crippen LogP contribution in [0.15, 0.2) is 4.63 Å². The first-order valence-corrected chi connectivity index (χ1v) is 2.09. The van der Waals surface area contributed by atoms with E-state index < -0.39 is 5.91 Å². The van der Waals surface area contributed by atoms with Gasteiger partial charge >= 0.3 is 0 Å². The lowest BCUT2D eigenvalue weighted by atomic mass is 10.4. The largest absolute Gasteiger partial charge is 0.379 e. The zero-order valence-electron chi connectivity index (χ0n) is 4.37. The summed E-state index contributed by atoms with van der Waals surface area (Å²) in [5.41, 5.74) is 9.72. The molecule has 1 amide bonds. The van der Waals surface area contributed by atoms with Gasteiger partial charge in [0.15, 0.2) is 0 Å². The van der Waals surface area contributed by atoms with Crippen LogP contribution in [0.3, 0.4) is 0 Å². The number of primary amides is 1. The van der Waals surface area contributed by atoms with Crippen LogP contribution in [0.2, 0.25) is 0 Å². The Hall–Kier alpha value is -1.59. The van der Waals surface area contributed by atoms with Crippen LogP contribution in [0.25, 0.3) is 0 Å². The fraction of sp³-hybridized carbons (Fsp3) is 0. The van der Waals surface area contributed by atoms with Crippen LogP contribution in [0.4, 0.5) is 5.82 Å². The molecule has 0 saturated heterocycles. The zero-order chi connectivity index (χ0) is 6.85. The molecule has 0 spiro atoms. The number of amides is 1. The summed E-state index contributed by atoms with van der Waals surface area (Å²) in [5, 5.41) is 6.26. The number of aromatic nitrogens is 2. The summed E-state index contributed by atoms with van der Waals surface area (Å²) >= 11 is 0. The summed E-state index contributed by atoms with van der Waals surface area (Å²) < 4.78 is 4.08. The predicted molar refractivity (Wildman–Crippen MR) is 27.2 cm³/mol. The summed E-state index contributed by atoms with van der Waals surface area (Å²) in [6.45, 7) is 0. The highest BCUT2D eigenvalue weighted by atomic mass is 16.6. The van der Waals surface area contributed by atoms with Crippen LogP contribution in [0, 0.1) is 0 Å². The average molecular weight is 128 g/mol. The lowest BCUT2D eigenvalue weighted by Crippen LogP contribution is -2.13. The van der Waals surface area contributed by atoms with E-state index >= 15 is 0 Å². The second-order valence-corrected chi connectivity index (χ2v) is 1.36. The molecule has 9 heavy (non-hydrogen) atoms. The first kappa shape index (κ1) is 5.54. The van der Waals surface area contributed by atoms with E-state index in [1.165, 1.54) is 0 Å². The van der Waals surface area contributed by atoms with Crippen LogP contribution in [0.1, 0.15) is 10.5 Å². The van der Waals surface area contributed by atoms with Crippen LogP contribution >= 0.6 is 0 Å². The molecule has 1 rings (SSSR count). The van der Waals surface area contributed by atoms with Crippen molar-refractivity contribution in [2.24, 2.45) is 5.73 Å². The number of nitrogens with zero attached hydrogens (tertiary/aromatic N) is 2. The molecule has 0 radical (unpaired) electrons. The Kier molecular flexibility index (Phi) is 1.07. The van der Waals surface area contributed by atoms with Crippen molar-refractivity contribution in [3.8, 4) is 0 Å². The maximum Gasteiger partial charge on any atom is 0.274 e. The SMILES string of the molecule is NC(=O)c1nonc1N. The Bertz CT molecular complexity index is 229. The molecule has 0 saturated carbocycles. The van der Waals surface area contributed by atoms with Gasteiger partial charge in [0, 0.05) is 0 Å². The van der Waals surface area contributed by atoms with Crippen molar-refractivity contribution in [3.63, 3.8) is 0 Å². The lowest BCUT2D eigenvalue weighted by molar-refractivity contribution is 0.0991. The molecule has 4 N–H and O–H groups in total. The van der Waals surface area contributed by atoms with Gasteiger partial charge in [-0.3, -0.25) is 4.79 Å². The molecule has 1 aromatic rings. The summed E-state index contributed by atoms with van der Waals surface area (Å²) in [5.74, 6) is -0.823. The maximum absolute atomic E-state index is 10.3. The van der Waals surface area contributed by atoms with E-state index in [0.717, 1.165) is 0 Å². The van der Waals surface area contributed by atoms with Gasteiger partial charge in [-0.1, -0.05) is 0 Å². The molecule has 0 aliphatic carbocycles. The Morgan fingerprint density at radius 1 is 1.56 bits per heavy atom. The third-order valence-electron chi connectivity index (χ3n) is 0.747. The smallest absolute Gasteiger partial charge is 0.274 e. The van der Waals surface area contributed by atoms with Crippen molar-refractivity contribution < 1.29 is 9.42 Å². The highest BCUT2D eigenvalue weighted by Crippen LogP contribution is 2.00. The highest BCUT2D eigenvalue weighted by Gasteiger charge is 2.10. The van der Waals surface area contributed by atoms with Gasteiger partial charge in [0.25, 0.3) is 5.91 Å². The second-order valence-electron chi connectivity index (χ2n) is 1.36. The van der Waals surface area contributed by atoms with Gasteiger partial charge in [-0.2, -0.15) is 0 Å². The molecule has 0 fully saturated rings. The van der Waals surface area contributed by atoms with Gasteiger partial charge in [0.05, 0.1) is 0 Å². The number of carbonyl (C=O) groups is 1. The molecule has 0 atom stereocenters. The molecule has 1 aromatic heterocycles. The second kappa shape index (κ2) is 1.73. The van der Waals surface area contributed by atoms with Crippen molar-refractivity contribution >= 4 is 11.7 Å². The summed E-state index contributed by atoms with van der Waals surface area (Å²) in [6, 6.07) is 0. The first-order chi connectivity index (χ1) is 4.22. The topological polar surface area (TPSA) is 108 Å². The average Bonchev–Trinajstić information content (AvgIpc) is 2.13. The monoisotopic (exact) mass is 128 g/mol. The van der Waals surface area contributed by atoms with Crippen molar-refractivity contribution in [2.45, 2.75) is 0 Å². The van der Waals surface area contributed by atoms with Crippen molar-refractivity contribution in [3.05, 3.63) is 5.69 Å². The number of carbonyl (C=O) groups excluding carboxylic acids is 1. The summed E-state index contributed by atoms with van der Waals surface area (Å²) in [6.07, 6.45) is 0. The first-order valence-electron chi connectivity index (χ1n) is 2.09. The predicted octanol–water partition coefficient (Wildman–Crippen LogP) is -1.25. The third-order valence-corrected chi connectivity index (χ3v) is 0.747.